The highest BCUT2D eigenvalue weighted by atomic mass is 15.1. The highest BCUT2D eigenvalue weighted by Crippen LogP contribution is 2.27. The molecule has 2 heteroatoms. The van der Waals surface area contributed by atoms with Crippen LogP contribution in [0, 0.1) is 5.92 Å². The van der Waals surface area contributed by atoms with Crippen LogP contribution < -0.4 is 5.32 Å². The molecule has 30 heavy (non-hydrogen) atoms. The third-order valence-corrected chi connectivity index (χ3v) is 6.52. The number of hydrogen-bond donors (Lipinski definition) is 1. The van der Waals surface area contributed by atoms with Crippen molar-refractivity contribution >= 4 is 11.4 Å². The molecule has 2 aromatic carbocycles. The number of nitrogens with zero attached hydrogens (tertiary/aromatic N) is 1. The molecule has 2 nitrogen and oxygen atoms in total. The van der Waals surface area contributed by atoms with Crippen molar-refractivity contribution in [3.05, 3.63) is 71.8 Å². The Morgan fingerprint density at radius 3 is 2.27 bits per heavy atom. The van der Waals surface area contributed by atoms with E-state index in [2.05, 4.69) is 79.3 Å². The van der Waals surface area contributed by atoms with Gasteiger partial charge >= 0.3 is 0 Å². The minimum absolute atomic E-state index is 0.833. The van der Waals surface area contributed by atoms with E-state index >= 15 is 0 Å². The van der Waals surface area contributed by atoms with Crippen molar-refractivity contribution in [2.24, 2.45) is 5.92 Å². The molecule has 3 rings (SSSR count). The minimum atomic E-state index is 0.833. The first-order valence-electron chi connectivity index (χ1n) is 12.0. The third-order valence-electron chi connectivity index (χ3n) is 6.52. The van der Waals surface area contributed by atoms with Crippen molar-refractivity contribution in [3.63, 3.8) is 0 Å². The fraction of sp³-hybridized carbons (Fsp3) is 0.500. The Kier molecular flexibility index (Phi) is 8.86. The predicted octanol–water partition coefficient (Wildman–Crippen LogP) is 7.51. The summed E-state index contributed by atoms with van der Waals surface area (Å²) in [4.78, 5) is 2.35. The van der Waals surface area contributed by atoms with E-state index in [1.165, 1.54) is 74.5 Å². The van der Waals surface area contributed by atoms with Crippen LogP contribution in [-0.4, -0.2) is 18.5 Å². The Hall–Kier alpha value is -2.22. The van der Waals surface area contributed by atoms with E-state index in [0.717, 1.165) is 30.4 Å². The van der Waals surface area contributed by atoms with Crippen molar-refractivity contribution in [1.82, 2.24) is 4.90 Å². The molecule has 0 atom stereocenters. The molecule has 0 aromatic heterocycles. The lowest BCUT2D eigenvalue weighted by Gasteiger charge is -2.29. The van der Waals surface area contributed by atoms with E-state index in [1.54, 1.807) is 0 Å². The van der Waals surface area contributed by atoms with Crippen LogP contribution in [0.1, 0.15) is 75.0 Å². The maximum atomic E-state index is 4.35. The van der Waals surface area contributed by atoms with Gasteiger partial charge in [-0.3, -0.25) is 0 Å². The van der Waals surface area contributed by atoms with Crippen molar-refractivity contribution in [1.29, 1.82) is 0 Å². The molecule has 0 radical (unpaired) electrons. The summed E-state index contributed by atoms with van der Waals surface area (Å²) in [6.07, 6.45) is 12.1. The zero-order chi connectivity index (χ0) is 21.2. The summed E-state index contributed by atoms with van der Waals surface area (Å²) in [6.45, 7) is 8.60. The molecule has 1 aliphatic rings. The summed E-state index contributed by atoms with van der Waals surface area (Å²) in [5.41, 5.74) is 6.29. The van der Waals surface area contributed by atoms with Crippen LogP contribution in [0.25, 0.3) is 5.70 Å². The largest absolute Gasteiger partial charge is 0.381 e. The van der Waals surface area contributed by atoms with Gasteiger partial charge in [0.1, 0.15) is 0 Å². The van der Waals surface area contributed by atoms with Crippen LogP contribution in [0.2, 0.25) is 0 Å². The van der Waals surface area contributed by atoms with Crippen LogP contribution >= 0.6 is 0 Å². The smallest absolute Gasteiger partial charge is 0.0400 e. The maximum Gasteiger partial charge on any atom is 0.0400 e. The zero-order valence-corrected chi connectivity index (χ0v) is 19.1. The van der Waals surface area contributed by atoms with Crippen molar-refractivity contribution < 1.29 is 0 Å². The number of aryl methyl sites for hydroxylation is 1. The summed E-state index contributed by atoms with van der Waals surface area (Å²) in [7, 11) is 2.19. The summed E-state index contributed by atoms with van der Waals surface area (Å²) >= 11 is 0. The Morgan fingerprint density at radius 2 is 1.60 bits per heavy atom. The Labute approximate surface area is 184 Å². The van der Waals surface area contributed by atoms with E-state index in [9.17, 15) is 0 Å². The lowest BCUT2D eigenvalue weighted by atomic mass is 9.89. The standard InChI is InChI=1S/C28H40N2/c1-4-5-7-10-24-13-15-25(16-14-24)21-29-28-19-17-27(18-20-28)23(2)30(3)22-26-11-8-6-9-12-26/h13-20,26,29H,2,4-12,21-22H2,1,3H3. The highest BCUT2D eigenvalue weighted by Gasteiger charge is 2.16. The Balaban J connectivity index is 1.46. The lowest BCUT2D eigenvalue weighted by molar-refractivity contribution is 0.289. The average Bonchev–Trinajstić information content (AvgIpc) is 2.79. The molecule has 0 aliphatic heterocycles. The Bertz CT molecular complexity index is 754. The molecule has 1 aliphatic carbocycles. The van der Waals surface area contributed by atoms with Crippen LogP contribution in [0.15, 0.2) is 55.1 Å². The number of unbranched alkanes of at least 4 members (excludes halogenated alkanes) is 2. The Morgan fingerprint density at radius 1 is 0.933 bits per heavy atom. The normalized spacial score (nSPS) is 14.5. The molecular weight excluding hydrogens is 364 g/mol. The van der Waals surface area contributed by atoms with E-state index in [1.807, 2.05) is 0 Å². The quantitative estimate of drug-likeness (QED) is 0.390. The number of nitrogens with one attached hydrogen (secondary N) is 1. The summed E-state index contributed by atoms with van der Waals surface area (Å²) in [6, 6.07) is 17.8. The van der Waals surface area contributed by atoms with Gasteiger partial charge in [-0.25, -0.2) is 0 Å². The van der Waals surface area contributed by atoms with Gasteiger partial charge < -0.3 is 10.2 Å². The SMILES string of the molecule is C=C(c1ccc(NCc2ccc(CCCCC)cc2)cc1)N(C)CC1CCCCC1. The monoisotopic (exact) mass is 404 g/mol. The van der Waals surface area contributed by atoms with Crippen molar-refractivity contribution in [2.45, 2.75) is 71.3 Å². The molecule has 1 fully saturated rings. The van der Waals surface area contributed by atoms with Gasteiger partial charge in [0.15, 0.2) is 0 Å². The molecule has 2 aromatic rings. The number of hydrogen-bond acceptors (Lipinski definition) is 2. The molecule has 1 saturated carbocycles. The molecule has 0 saturated heterocycles. The van der Waals surface area contributed by atoms with Crippen LogP contribution in [0.3, 0.4) is 0 Å². The third kappa shape index (κ3) is 6.93. The van der Waals surface area contributed by atoms with Gasteiger partial charge in [-0.15, -0.1) is 0 Å². The fourth-order valence-electron chi connectivity index (χ4n) is 4.48. The second-order valence-electron chi connectivity index (χ2n) is 9.04. The van der Waals surface area contributed by atoms with Gasteiger partial charge in [-0.1, -0.05) is 82.0 Å². The summed E-state index contributed by atoms with van der Waals surface area (Å²) in [5, 5.41) is 3.55. The van der Waals surface area contributed by atoms with E-state index < -0.39 is 0 Å². The first kappa shape index (κ1) is 22.5. The fourth-order valence-corrected chi connectivity index (χ4v) is 4.48. The van der Waals surface area contributed by atoms with Gasteiger partial charge in [-0.2, -0.15) is 0 Å². The number of rotatable bonds is 11. The van der Waals surface area contributed by atoms with Crippen molar-refractivity contribution in [2.75, 3.05) is 18.9 Å². The van der Waals surface area contributed by atoms with Crippen molar-refractivity contribution in [3.8, 4) is 0 Å². The zero-order valence-electron chi connectivity index (χ0n) is 19.1. The van der Waals surface area contributed by atoms with Crippen LogP contribution in [0.5, 0.6) is 0 Å². The molecule has 0 heterocycles. The lowest BCUT2D eigenvalue weighted by Crippen LogP contribution is -2.25. The van der Waals surface area contributed by atoms with Crippen LogP contribution in [-0.2, 0) is 13.0 Å². The predicted molar refractivity (Wildman–Crippen MR) is 132 cm³/mol. The minimum Gasteiger partial charge on any atom is -0.381 e. The van der Waals surface area contributed by atoms with E-state index in [0.29, 0.717) is 0 Å². The highest BCUT2D eigenvalue weighted by molar-refractivity contribution is 5.64. The van der Waals surface area contributed by atoms with Gasteiger partial charge in [-0.05, 0) is 60.4 Å². The topological polar surface area (TPSA) is 15.3 Å². The van der Waals surface area contributed by atoms with Gasteiger partial charge in [0.2, 0.25) is 0 Å². The second-order valence-corrected chi connectivity index (χ2v) is 9.04. The molecule has 162 valence electrons. The van der Waals surface area contributed by atoms with Gasteiger partial charge in [0, 0.05) is 31.5 Å². The van der Waals surface area contributed by atoms with Gasteiger partial charge in [0.25, 0.3) is 0 Å². The molecule has 0 spiro atoms. The first-order chi connectivity index (χ1) is 14.7. The second kappa shape index (κ2) is 11.8. The maximum absolute atomic E-state index is 4.35. The molecule has 0 amide bonds. The number of benzene rings is 2. The number of anilines is 1. The molecular formula is C28H40N2. The van der Waals surface area contributed by atoms with E-state index in [4.69, 9.17) is 0 Å². The van der Waals surface area contributed by atoms with Crippen LogP contribution in [0.4, 0.5) is 5.69 Å². The van der Waals surface area contributed by atoms with Gasteiger partial charge in [0.05, 0.1) is 0 Å². The summed E-state index contributed by atoms with van der Waals surface area (Å²) < 4.78 is 0. The first-order valence-corrected chi connectivity index (χ1v) is 12.0. The molecule has 0 bridgehead atoms. The molecule has 1 N–H and O–H groups in total. The van der Waals surface area contributed by atoms with E-state index in [-0.39, 0.29) is 0 Å². The molecule has 0 unspecified atom stereocenters. The average molecular weight is 405 g/mol. The summed E-state index contributed by atoms with van der Waals surface area (Å²) in [5.74, 6) is 0.833.